The van der Waals surface area contributed by atoms with Crippen molar-refractivity contribution in [2.24, 2.45) is 0 Å². The number of hydrogen-bond donors (Lipinski definition) is 2. The van der Waals surface area contributed by atoms with Crippen LogP contribution in [0.5, 0.6) is 0 Å². The second-order valence-electron chi connectivity index (χ2n) is 5.23. The molecule has 1 heterocycles. The summed E-state index contributed by atoms with van der Waals surface area (Å²) in [6, 6.07) is 3.64. The molecule has 122 valence electrons. The molecule has 1 aliphatic heterocycles. The van der Waals surface area contributed by atoms with Crippen LogP contribution in [0.1, 0.15) is 23.2 Å². The van der Waals surface area contributed by atoms with E-state index in [1.807, 2.05) is 7.05 Å². The summed E-state index contributed by atoms with van der Waals surface area (Å²) >= 11 is 0. The topological polar surface area (TPSA) is 78.5 Å². The summed E-state index contributed by atoms with van der Waals surface area (Å²) in [6.07, 6.45) is 1.86. The number of carbonyl (C=O) groups excluding carboxylic acids is 1. The number of benzene rings is 1. The van der Waals surface area contributed by atoms with E-state index in [4.69, 9.17) is 0 Å². The van der Waals surface area contributed by atoms with E-state index in [9.17, 15) is 17.6 Å². The second-order valence-corrected chi connectivity index (χ2v) is 7.09. The zero-order valence-electron chi connectivity index (χ0n) is 12.6. The minimum absolute atomic E-state index is 0.173. The molecule has 8 heteroatoms. The Morgan fingerprint density at radius 2 is 2.09 bits per heavy atom. The highest BCUT2D eigenvalue weighted by Gasteiger charge is 2.25. The van der Waals surface area contributed by atoms with Gasteiger partial charge in [0.25, 0.3) is 5.91 Å². The molecule has 1 fully saturated rings. The number of sulfonamides is 1. The van der Waals surface area contributed by atoms with Crippen LogP contribution in [-0.4, -0.2) is 52.5 Å². The Balaban J connectivity index is 2.29. The zero-order valence-corrected chi connectivity index (χ0v) is 13.4. The van der Waals surface area contributed by atoms with Crippen LogP contribution in [0.15, 0.2) is 23.1 Å². The van der Waals surface area contributed by atoms with E-state index in [2.05, 4.69) is 10.0 Å². The van der Waals surface area contributed by atoms with Crippen LogP contribution in [-0.2, 0) is 10.0 Å². The summed E-state index contributed by atoms with van der Waals surface area (Å²) in [7, 11) is -0.898. The standard InChI is InChI=1S/C14H20FN3O3S/c1-16-11-4-3-7-18(9-11)14(19)10-5-6-12(15)13(8-10)22(20,21)17-2/h5-6,8,11,16-17H,3-4,7,9H2,1-2H3. The van der Waals surface area contributed by atoms with Crippen molar-refractivity contribution in [3.63, 3.8) is 0 Å². The first-order chi connectivity index (χ1) is 10.4. The highest BCUT2D eigenvalue weighted by molar-refractivity contribution is 7.89. The van der Waals surface area contributed by atoms with Crippen LogP contribution in [0, 0.1) is 5.82 Å². The van der Waals surface area contributed by atoms with Gasteiger partial charge in [0.05, 0.1) is 0 Å². The van der Waals surface area contributed by atoms with Crippen LogP contribution in [0.2, 0.25) is 0 Å². The fourth-order valence-corrected chi connectivity index (χ4v) is 3.36. The highest BCUT2D eigenvalue weighted by Crippen LogP contribution is 2.19. The van der Waals surface area contributed by atoms with Gasteiger partial charge in [0.1, 0.15) is 10.7 Å². The number of nitrogens with zero attached hydrogens (tertiary/aromatic N) is 1. The molecule has 0 aliphatic carbocycles. The SMILES string of the molecule is CNC1CCCN(C(=O)c2ccc(F)c(S(=O)(=O)NC)c2)C1. The van der Waals surface area contributed by atoms with E-state index in [1.54, 1.807) is 4.90 Å². The molecular weight excluding hydrogens is 309 g/mol. The Morgan fingerprint density at radius 3 is 2.73 bits per heavy atom. The van der Waals surface area contributed by atoms with Gasteiger partial charge in [-0.2, -0.15) is 0 Å². The summed E-state index contributed by atoms with van der Waals surface area (Å²) in [5.74, 6) is -1.16. The lowest BCUT2D eigenvalue weighted by molar-refractivity contribution is 0.0698. The molecule has 1 amide bonds. The van der Waals surface area contributed by atoms with Crippen molar-refractivity contribution in [1.82, 2.24) is 14.9 Å². The number of amides is 1. The monoisotopic (exact) mass is 329 g/mol. The predicted octanol–water partition coefficient (Wildman–Crippen LogP) is 0.558. The van der Waals surface area contributed by atoms with Crippen LogP contribution in [0.4, 0.5) is 4.39 Å². The van der Waals surface area contributed by atoms with Gasteiger partial charge in [-0.05, 0) is 45.1 Å². The van der Waals surface area contributed by atoms with Crippen molar-refractivity contribution in [3.8, 4) is 0 Å². The number of rotatable bonds is 4. The highest BCUT2D eigenvalue weighted by atomic mass is 32.2. The van der Waals surface area contributed by atoms with E-state index in [-0.39, 0.29) is 17.5 Å². The van der Waals surface area contributed by atoms with Crippen molar-refractivity contribution < 1.29 is 17.6 Å². The molecule has 1 saturated heterocycles. The fraction of sp³-hybridized carbons (Fsp3) is 0.500. The number of likely N-dealkylation sites (N-methyl/N-ethyl adjacent to an activating group) is 1. The Labute approximate surface area is 129 Å². The quantitative estimate of drug-likeness (QED) is 0.846. The first kappa shape index (κ1) is 16.9. The first-order valence-corrected chi connectivity index (χ1v) is 8.57. The summed E-state index contributed by atoms with van der Waals surface area (Å²) in [5, 5.41) is 3.13. The molecule has 0 spiro atoms. The van der Waals surface area contributed by atoms with Crippen molar-refractivity contribution in [2.75, 3.05) is 27.2 Å². The zero-order chi connectivity index (χ0) is 16.3. The van der Waals surface area contributed by atoms with Gasteiger partial charge in [0, 0.05) is 24.7 Å². The van der Waals surface area contributed by atoms with Crippen LogP contribution >= 0.6 is 0 Å². The number of piperidine rings is 1. The van der Waals surface area contributed by atoms with Crippen LogP contribution in [0.25, 0.3) is 0 Å². The number of hydrogen-bond acceptors (Lipinski definition) is 4. The van der Waals surface area contributed by atoms with Gasteiger partial charge < -0.3 is 10.2 Å². The maximum atomic E-state index is 13.7. The lowest BCUT2D eigenvalue weighted by Gasteiger charge is -2.32. The Morgan fingerprint density at radius 1 is 1.36 bits per heavy atom. The third-order valence-corrected chi connectivity index (χ3v) is 5.28. The Bertz CT molecular complexity index is 663. The average Bonchev–Trinajstić information content (AvgIpc) is 2.54. The molecule has 1 unspecified atom stereocenters. The lowest BCUT2D eigenvalue weighted by Crippen LogP contribution is -2.47. The molecule has 1 aromatic carbocycles. The summed E-state index contributed by atoms with van der Waals surface area (Å²) in [4.78, 5) is 13.6. The largest absolute Gasteiger partial charge is 0.337 e. The van der Waals surface area contributed by atoms with Gasteiger partial charge in [-0.15, -0.1) is 0 Å². The third kappa shape index (κ3) is 3.45. The van der Waals surface area contributed by atoms with E-state index in [0.29, 0.717) is 13.1 Å². The summed E-state index contributed by atoms with van der Waals surface area (Å²) in [5.41, 5.74) is 0.173. The summed E-state index contributed by atoms with van der Waals surface area (Å²) in [6.45, 7) is 1.17. The molecule has 1 atom stereocenters. The van der Waals surface area contributed by atoms with Crippen molar-refractivity contribution in [1.29, 1.82) is 0 Å². The molecule has 22 heavy (non-hydrogen) atoms. The van der Waals surface area contributed by atoms with E-state index in [1.165, 1.54) is 13.1 Å². The first-order valence-electron chi connectivity index (χ1n) is 7.08. The van der Waals surface area contributed by atoms with Gasteiger partial charge >= 0.3 is 0 Å². The van der Waals surface area contributed by atoms with Crippen LogP contribution < -0.4 is 10.0 Å². The summed E-state index contributed by atoms with van der Waals surface area (Å²) < 4.78 is 39.3. The predicted molar refractivity (Wildman–Crippen MR) is 80.6 cm³/mol. The Kier molecular flexibility index (Phi) is 5.15. The van der Waals surface area contributed by atoms with Crippen LogP contribution in [0.3, 0.4) is 0 Å². The molecule has 1 aliphatic rings. The van der Waals surface area contributed by atoms with Gasteiger partial charge in [0.15, 0.2) is 0 Å². The van der Waals surface area contributed by atoms with Crippen molar-refractivity contribution >= 4 is 15.9 Å². The van der Waals surface area contributed by atoms with Gasteiger partial charge in [-0.3, -0.25) is 4.79 Å². The average molecular weight is 329 g/mol. The normalized spacial score (nSPS) is 19.2. The molecule has 2 rings (SSSR count). The number of carbonyl (C=O) groups is 1. The number of halogens is 1. The second kappa shape index (κ2) is 6.72. The smallest absolute Gasteiger partial charge is 0.253 e. The molecule has 0 saturated carbocycles. The van der Waals surface area contributed by atoms with E-state index < -0.39 is 20.7 Å². The maximum Gasteiger partial charge on any atom is 0.253 e. The Hall–Kier alpha value is -1.51. The van der Waals surface area contributed by atoms with Gasteiger partial charge in [0.2, 0.25) is 10.0 Å². The number of likely N-dealkylation sites (tertiary alicyclic amines) is 1. The molecule has 0 aromatic heterocycles. The van der Waals surface area contributed by atoms with E-state index in [0.717, 1.165) is 25.0 Å². The molecular formula is C14H20FN3O3S. The molecule has 0 bridgehead atoms. The fourth-order valence-electron chi connectivity index (χ4n) is 2.53. The maximum absolute atomic E-state index is 13.7. The lowest BCUT2D eigenvalue weighted by atomic mass is 10.0. The molecule has 1 aromatic rings. The molecule has 6 nitrogen and oxygen atoms in total. The number of nitrogens with one attached hydrogen (secondary N) is 2. The molecule has 2 N–H and O–H groups in total. The molecule has 0 radical (unpaired) electrons. The van der Waals surface area contributed by atoms with Gasteiger partial charge in [-0.1, -0.05) is 0 Å². The minimum atomic E-state index is -3.94. The van der Waals surface area contributed by atoms with E-state index >= 15 is 0 Å². The minimum Gasteiger partial charge on any atom is -0.337 e. The van der Waals surface area contributed by atoms with Crippen molar-refractivity contribution in [3.05, 3.63) is 29.6 Å². The van der Waals surface area contributed by atoms with Gasteiger partial charge in [-0.25, -0.2) is 17.5 Å². The third-order valence-electron chi connectivity index (χ3n) is 3.85. The van der Waals surface area contributed by atoms with Crippen molar-refractivity contribution in [2.45, 2.75) is 23.8 Å².